The van der Waals surface area contributed by atoms with E-state index in [0.717, 1.165) is 59.5 Å². The first-order valence-electron chi connectivity index (χ1n) is 12.1. The Morgan fingerprint density at radius 1 is 0.784 bits per heavy atom. The molecule has 8 heteroatoms. The number of aryl methyl sites for hydroxylation is 1. The Morgan fingerprint density at radius 2 is 1.46 bits per heavy atom. The van der Waals surface area contributed by atoms with Crippen molar-refractivity contribution in [2.75, 3.05) is 31.1 Å². The average molecular weight is 512 g/mol. The molecule has 1 aliphatic rings. The van der Waals surface area contributed by atoms with E-state index in [2.05, 4.69) is 9.80 Å². The molecule has 4 aromatic rings. The van der Waals surface area contributed by atoms with Crippen LogP contribution in [0.25, 0.3) is 16.9 Å². The molecule has 3 aromatic carbocycles. The number of rotatable bonds is 5. The Bertz CT molecular complexity index is 1370. The monoisotopic (exact) mass is 511 g/mol. The summed E-state index contributed by atoms with van der Waals surface area (Å²) < 4.78 is 69.0. The summed E-state index contributed by atoms with van der Waals surface area (Å²) in [5.41, 5.74) is 4.05. The maximum Gasteiger partial charge on any atom is 0.416 e. The fraction of sp³-hybridized carbons (Fsp3) is 0.241. The van der Waals surface area contributed by atoms with Gasteiger partial charge in [0.05, 0.1) is 16.9 Å². The van der Waals surface area contributed by atoms with E-state index in [1.165, 1.54) is 24.3 Å². The second-order valence-corrected chi connectivity index (χ2v) is 9.26. The summed E-state index contributed by atoms with van der Waals surface area (Å²) >= 11 is 0. The molecule has 0 aliphatic carbocycles. The average Bonchev–Trinajstić information content (AvgIpc) is 3.19. The first-order chi connectivity index (χ1) is 17.7. The van der Waals surface area contributed by atoms with E-state index in [1.807, 2.05) is 47.9 Å². The largest absolute Gasteiger partial charge is 0.416 e. The van der Waals surface area contributed by atoms with Gasteiger partial charge in [0.1, 0.15) is 11.6 Å². The van der Waals surface area contributed by atoms with Gasteiger partial charge in [0.2, 0.25) is 0 Å². The topological polar surface area (TPSA) is 11.4 Å². The molecular formula is C29H26F5N3. The third-order valence-electron chi connectivity index (χ3n) is 6.79. The number of halogens is 5. The van der Waals surface area contributed by atoms with Crippen LogP contribution >= 0.6 is 0 Å². The minimum Gasteiger partial charge on any atom is -0.369 e. The zero-order valence-corrected chi connectivity index (χ0v) is 20.3. The fourth-order valence-corrected chi connectivity index (χ4v) is 4.98. The molecule has 0 saturated carbocycles. The molecule has 1 aromatic heterocycles. The van der Waals surface area contributed by atoms with Crippen molar-refractivity contribution in [2.45, 2.75) is 19.6 Å². The smallest absolute Gasteiger partial charge is 0.369 e. The quantitative estimate of drug-likeness (QED) is 0.266. The molecule has 0 amide bonds. The Balaban J connectivity index is 1.38. The highest BCUT2D eigenvalue weighted by atomic mass is 19.4. The summed E-state index contributed by atoms with van der Waals surface area (Å²) in [6, 6.07) is 20.6. The fourth-order valence-electron chi connectivity index (χ4n) is 4.98. The molecule has 0 spiro atoms. The normalized spacial score (nSPS) is 14.8. The SMILES string of the molecule is Cc1cc(CN2CCN(c3ccc(C(F)(F)F)cc3)CC2)c(-c2ccccc2)n1-c1ccc(F)cc1F. The van der Waals surface area contributed by atoms with Crippen LogP contribution in [0.5, 0.6) is 0 Å². The lowest BCUT2D eigenvalue weighted by Gasteiger charge is -2.36. The summed E-state index contributed by atoms with van der Waals surface area (Å²) in [6.07, 6.45) is -4.35. The van der Waals surface area contributed by atoms with Gasteiger partial charge in [-0.15, -0.1) is 0 Å². The van der Waals surface area contributed by atoms with Crippen LogP contribution in [0.3, 0.4) is 0 Å². The Hall–Kier alpha value is -3.65. The van der Waals surface area contributed by atoms with E-state index in [0.29, 0.717) is 19.6 Å². The maximum absolute atomic E-state index is 14.8. The van der Waals surface area contributed by atoms with Crippen LogP contribution in [0.1, 0.15) is 16.8 Å². The molecule has 192 valence electrons. The second-order valence-electron chi connectivity index (χ2n) is 9.26. The van der Waals surface area contributed by atoms with Crippen molar-refractivity contribution < 1.29 is 22.0 Å². The highest BCUT2D eigenvalue weighted by molar-refractivity contribution is 5.68. The van der Waals surface area contributed by atoms with Crippen molar-refractivity contribution in [3.05, 3.63) is 107 Å². The number of hydrogen-bond donors (Lipinski definition) is 0. The lowest BCUT2D eigenvalue weighted by atomic mass is 10.1. The number of benzene rings is 3. The van der Waals surface area contributed by atoms with Gasteiger partial charge < -0.3 is 9.47 Å². The van der Waals surface area contributed by atoms with Crippen molar-refractivity contribution >= 4 is 5.69 Å². The van der Waals surface area contributed by atoms with E-state index < -0.39 is 23.4 Å². The summed E-state index contributed by atoms with van der Waals surface area (Å²) in [7, 11) is 0. The van der Waals surface area contributed by atoms with Gasteiger partial charge in [-0.3, -0.25) is 4.90 Å². The van der Waals surface area contributed by atoms with Gasteiger partial charge in [-0.2, -0.15) is 13.2 Å². The summed E-state index contributed by atoms with van der Waals surface area (Å²) in [4.78, 5) is 4.37. The third kappa shape index (κ3) is 5.25. The third-order valence-corrected chi connectivity index (χ3v) is 6.79. The van der Waals surface area contributed by atoms with E-state index in [9.17, 15) is 22.0 Å². The molecule has 2 heterocycles. The summed E-state index contributed by atoms with van der Waals surface area (Å²) in [5.74, 6) is -1.26. The summed E-state index contributed by atoms with van der Waals surface area (Å²) in [6.45, 7) is 5.34. The first-order valence-corrected chi connectivity index (χ1v) is 12.1. The van der Waals surface area contributed by atoms with E-state index in [-0.39, 0.29) is 5.69 Å². The number of anilines is 1. The van der Waals surface area contributed by atoms with E-state index >= 15 is 0 Å². The molecule has 37 heavy (non-hydrogen) atoms. The summed E-state index contributed by atoms with van der Waals surface area (Å²) in [5, 5.41) is 0. The van der Waals surface area contributed by atoms with Crippen LogP contribution in [0.4, 0.5) is 27.6 Å². The molecule has 1 fully saturated rings. The molecule has 0 bridgehead atoms. The molecule has 0 unspecified atom stereocenters. The van der Waals surface area contributed by atoms with Crippen molar-refractivity contribution in [3.8, 4) is 16.9 Å². The van der Waals surface area contributed by atoms with Crippen molar-refractivity contribution in [1.29, 1.82) is 0 Å². The predicted molar refractivity (Wildman–Crippen MR) is 135 cm³/mol. The van der Waals surface area contributed by atoms with E-state index in [4.69, 9.17) is 0 Å². The van der Waals surface area contributed by atoms with Crippen molar-refractivity contribution in [1.82, 2.24) is 9.47 Å². The molecule has 0 atom stereocenters. The van der Waals surface area contributed by atoms with Gasteiger partial charge in [-0.05, 0) is 60.5 Å². The number of hydrogen-bond acceptors (Lipinski definition) is 2. The number of alkyl halides is 3. The Labute approximate surface area is 212 Å². The van der Waals surface area contributed by atoms with Gasteiger partial charge in [0, 0.05) is 50.2 Å². The zero-order chi connectivity index (χ0) is 26.2. The highest BCUT2D eigenvalue weighted by Crippen LogP contribution is 2.34. The Morgan fingerprint density at radius 3 is 2.08 bits per heavy atom. The van der Waals surface area contributed by atoms with Crippen LogP contribution in [0, 0.1) is 18.6 Å². The van der Waals surface area contributed by atoms with E-state index in [1.54, 1.807) is 0 Å². The molecule has 3 nitrogen and oxygen atoms in total. The minimum absolute atomic E-state index is 0.288. The number of nitrogens with zero attached hydrogens (tertiary/aromatic N) is 3. The molecule has 1 aliphatic heterocycles. The Kier molecular flexibility index (Phi) is 6.77. The second kappa shape index (κ2) is 10.0. The molecule has 5 rings (SSSR count). The predicted octanol–water partition coefficient (Wildman–Crippen LogP) is 7.07. The maximum atomic E-state index is 14.8. The minimum atomic E-state index is -4.35. The highest BCUT2D eigenvalue weighted by Gasteiger charge is 2.30. The molecular weight excluding hydrogens is 485 g/mol. The van der Waals surface area contributed by atoms with Crippen molar-refractivity contribution in [3.63, 3.8) is 0 Å². The zero-order valence-electron chi connectivity index (χ0n) is 20.3. The lowest BCUT2D eigenvalue weighted by Crippen LogP contribution is -2.46. The van der Waals surface area contributed by atoms with Crippen LogP contribution in [-0.4, -0.2) is 35.6 Å². The van der Waals surface area contributed by atoms with Gasteiger partial charge in [-0.1, -0.05) is 30.3 Å². The van der Waals surface area contributed by atoms with Gasteiger partial charge >= 0.3 is 6.18 Å². The molecule has 0 N–H and O–H groups in total. The molecule has 1 saturated heterocycles. The number of aromatic nitrogens is 1. The lowest BCUT2D eigenvalue weighted by molar-refractivity contribution is -0.137. The number of piperazine rings is 1. The first kappa shape index (κ1) is 25.0. The van der Waals surface area contributed by atoms with Crippen LogP contribution in [-0.2, 0) is 12.7 Å². The van der Waals surface area contributed by atoms with Crippen molar-refractivity contribution in [2.24, 2.45) is 0 Å². The van der Waals surface area contributed by atoms with Gasteiger partial charge in [0.15, 0.2) is 0 Å². The standard InChI is InChI=1S/C29H26F5N3/c1-20-17-22(19-35-13-15-36(16-14-35)25-10-7-23(8-11-25)29(32,33)34)28(21-5-3-2-4-6-21)37(20)27-12-9-24(30)18-26(27)31/h2-12,17-18H,13-16,19H2,1H3. The van der Waals surface area contributed by atoms with Gasteiger partial charge in [-0.25, -0.2) is 8.78 Å². The van der Waals surface area contributed by atoms with Gasteiger partial charge in [0.25, 0.3) is 0 Å². The van der Waals surface area contributed by atoms with Crippen LogP contribution in [0.2, 0.25) is 0 Å². The van der Waals surface area contributed by atoms with Crippen LogP contribution in [0.15, 0.2) is 78.9 Å². The molecule has 0 radical (unpaired) electrons. The van der Waals surface area contributed by atoms with Crippen LogP contribution < -0.4 is 4.90 Å².